The molecule has 0 aliphatic heterocycles. The van der Waals surface area contributed by atoms with Gasteiger partial charge in [-0.15, -0.1) is 0 Å². The average Bonchev–Trinajstić information content (AvgIpc) is 2.20. The van der Waals surface area contributed by atoms with Gasteiger partial charge < -0.3 is 0 Å². The monoisotopic (exact) mass is 256 g/mol. The molecule has 14 heavy (non-hydrogen) atoms. The van der Waals surface area contributed by atoms with Crippen molar-refractivity contribution in [1.82, 2.24) is 0 Å². The Bertz CT molecular complexity index is 306. The molecule has 0 saturated heterocycles. The number of benzene rings is 1. The molecular weight excluding hydrogens is 243 g/mol. The first-order chi connectivity index (χ1) is 6.83. The van der Waals surface area contributed by atoms with Crippen LogP contribution < -0.4 is 4.46 Å². The van der Waals surface area contributed by atoms with Crippen molar-refractivity contribution in [2.24, 2.45) is 0 Å². The standard InChI is InChI=1S/C11H12O2Se/c1-2-13-11(12)8-9-14-10-6-4-3-5-7-10/h3-9H,2H2,1H3/b9-8-. The molecule has 1 rings (SSSR count). The summed E-state index contributed by atoms with van der Waals surface area (Å²) in [6.45, 7) is 2.23. The molecule has 0 aliphatic carbocycles. The van der Waals surface area contributed by atoms with Crippen LogP contribution in [0.25, 0.3) is 0 Å². The summed E-state index contributed by atoms with van der Waals surface area (Å²) in [7, 11) is 0. The molecule has 0 saturated carbocycles. The second-order valence-corrected chi connectivity index (χ2v) is 4.54. The Hall–Kier alpha value is -1.05. The topological polar surface area (TPSA) is 26.3 Å². The second-order valence-electron chi connectivity index (χ2n) is 2.49. The molecule has 0 aromatic heterocycles. The van der Waals surface area contributed by atoms with E-state index in [2.05, 4.69) is 12.1 Å². The van der Waals surface area contributed by atoms with Crippen LogP contribution in [0.3, 0.4) is 0 Å². The second kappa shape index (κ2) is 6.41. The quantitative estimate of drug-likeness (QED) is 0.457. The number of carbonyl (C=O) groups excluding carboxylic acids is 1. The van der Waals surface area contributed by atoms with Gasteiger partial charge >= 0.3 is 89.8 Å². The van der Waals surface area contributed by atoms with Gasteiger partial charge in [-0.1, -0.05) is 0 Å². The first-order valence-corrected chi connectivity index (χ1v) is 6.22. The van der Waals surface area contributed by atoms with E-state index in [1.807, 2.05) is 23.2 Å². The van der Waals surface area contributed by atoms with Crippen molar-refractivity contribution in [3.63, 3.8) is 0 Å². The Morgan fingerprint density at radius 2 is 2.14 bits per heavy atom. The zero-order valence-corrected chi connectivity index (χ0v) is 9.69. The van der Waals surface area contributed by atoms with Crippen molar-refractivity contribution in [2.75, 3.05) is 6.61 Å². The van der Waals surface area contributed by atoms with E-state index in [1.54, 1.807) is 6.92 Å². The molecule has 1 aromatic carbocycles. The van der Waals surface area contributed by atoms with E-state index < -0.39 is 0 Å². The van der Waals surface area contributed by atoms with Gasteiger partial charge in [-0.2, -0.15) is 0 Å². The SMILES string of the molecule is CCOC(=O)/C=C\[Se]c1ccccc1. The molecule has 74 valence electrons. The van der Waals surface area contributed by atoms with E-state index in [0.717, 1.165) is 0 Å². The molecule has 0 atom stereocenters. The Morgan fingerprint density at radius 3 is 2.79 bits per heavy atom. The van der Waals surface area contributed by atoms with E-state index >= 15 is 0 Å². The first-order valence-electron chi connectivity index (χ1n) is 4.38. The molecule has 2 nitrogen and oxygen atoms in total. The maximum atomic E-state index is 10.9. The maximum absolute atomic E-state index is 10.9. The molecule has 0 N–H and O–H groups in total. The third-order valence-electron chi connectivity index (χ3n) is 1.44. The molecule has 0 fully saturated rings. The van der Waals surface area contributed by atoms with Crippen LogP contribution in [-0.2, 0) is 9.53 Å². The molecule has 0 spiro atoms. The van der Waals surface area contributed by atoms with Crippen LogP contribution in [0.15, 0.2) is 41.4 Å². The van der Waals surface area contributed by atoms with Crippen LogP contribution >= 0.6 is 0 Å². The number of hydrogen-bond donors (Lipinski definition) is 0. The summed E-state index contributed by atoms with van der Waals surface area (Å²) in [5, 5.41) is 0. The summed E-state index contributed by atoms with van der Waals surface area (Å²) < 4.78 is 6.01. The summed E-state index contributed by atoms with van der Waals surface area (Å²) in [6.07, 6.45) is 1.50. The predicted molar refractivity (Wildman–Crippen MR) is 57.6 cm³/mol. The molecule has 3 heteroatoms. The fraction of sp³-hybridized carbons (Fsp3) is 0.182. The van der Waals surface area contributed by atoms with Gasteiger partial charge in [0.05, 0.1) is 0 Å². The molecule has 0 radical (unpaired) electrons. The van der Waals surface area contributed by atoms with Crippen LogP contribution in [-0.4, -0.2) is 27.5 Å². The van der Waals surface area contributed by atoms with Gasteiger partial charge in [0, 0.05) is 0 Å². The van der Waals surface area contributed by atoms with Crippen LogP contribution in [0.2, 0.25) is 0 Å². The van der Waals surface area contributed by atoms with Gasteiger partial charge in [-0.3, -0.25) is 0 Å². The third kappa shape index (κ3) is 4.26. The summed E-state index contributed by atoms with van der Waals surface area (Å²) in [4.78, 5) is 12.8. The van der Waals surface area contributed by atoms with E-state index in [1.165, 1.54) is 10.5 Å². The van der Waals surface area contributed by atoms with Crippen molar-refractivity contribution in [1.29, 1.82) is 0 Å². The van der Waals surface area contributed by atoms with Crippen LogP contribution in [0.1, 0.15) is 6.92 Å². The van der Waals surface area contributed by atoms with Crippen LogP contribution in [0, 0.1) is 0 Å². The zero-order chi connectivity index (χ0) is 10.2. The fourth-order valence-corrected chi connectivity index (χ4v) is 2.22. The first kappa shape index (κ1) is 11.0. The number of hydrogen-bond acceptors (Lipinski definition) is 2. The van der Waals surface area contributed by atoms with E-state index in [4.69, 9.17) is 4.74 Å². The summed E-state index contributed by atoms with van der Waals surface area (Å²) in [5.41, 5.74) is 0. The number of carbonyl (C=O) groups is 1. The van der Waals surface area contributed by atoms with Gasteiger partial charge in [0.25, 0.3) is 0 Å². The average molecular weight is 255 g/mol. The van der Waals surface area contributed by atoms with E-state index in [0.29, 0.717) is 6.61 Å². The Morgan fingerprint density at radius 1 is 1.43 bits per heavy atom. The third-order valence-corrected chi connectivity index (χ3v) is 3.15. The van der Waals surface area contributed by atoms with Crippen molar-refractivity contribution >= 4 is 25.4 Å². The Labute approximate surface area is 90.1 Å². The van der Waals surface area contributed by atoms with Crippen LogP contribution in [0.4, 0.5) is 0 Å². The van der Waals surface area contributed by atoms with Gasteiger partial charge in [-0.25, -0.2) is 0 Å². The van der Waals surface area contributed by atoms with Crippen molar-refractivity contribution < 1.29 is 9.53 Å². The van der Waals surface area contributed by atoms with Gasteiger partial charge in [0.1, 0.15) is 0 Å². The van der Waals surface area contributed by atoms with E-state index in [-0.39, 0.29) is 20.9 Å². The molecule has 0 amide bonds. The van der Waals surface area contributed by atoms with Gasteiger partial charge in [0.2, 0.25) is 0 Å². The van der Waals surface area contributed by atoms with Crippen molar-refractivity contribution in [3.05, 3.63) is 41.4 Å². The van der Waals surface area contributed by atoms with Crippen LogP contribution in [0.5, 0.6) is 0 Å². The predicted octanol–water partition coefficient (Wildman–Crippen LogP) is 1.09. The minimum atomic E-state index is -0.259. The van der Waals surface area contributed by atoms with E-state index in [9.17, 15) is 4.79 Å². The Kier molecular flexibility index (Phi) is 5.05. The molecular formula is C11H12O2Se. The molecule has 0 unspecified atom stereocenters. The molecule has 0 heterocycles. The Balaban J connectivity index is 2.37. The molecule has 0 bridgehead atoms. The number of ether oxygens (including phenoxy) is 1. The molecule has 0 aliphatic rings. The molecule has 1 aromatic rings. The van der Waals surface area contributed by atoms with Gasteiger partial charge in [-0.05, 0) is 0 Å². The fourth-order valence-electron chi connectivity index (χ4n) is 0.858. The van der Waals surface area contributed by atoms with Crippen molar-refractivity contribution in [2.45, 2.75) is 6.92 Å². The number of rotatable bonds is 4. The zero-order valence-electron chi connectivity index (χ0n) is 7.97. The number of esters is 1. The summed E-state index contributed by atoms with van der Waals surface area (Å²) in [6, 6.07) is 10.1. The summed E-state index contributed by atoms with van der Waals surface area (Å²) in [5.74, 6) is -0.259. The van der Waals surface area contributed by atoms with Gasteiger partial charge in [0.15, 0.2) is 0 Å². The minimum absolute atomic E-state index is 0.216. The normalized spacial score (nSPS) is 10.4. The summed E-state index contributed by atoms with van der Waals surface area (Å²) >= 11 is 0.216. The van der Waals surface area contributed by atoms with Crippen molar-refractivity contribution in [3.8, 4) is 0 Å².